The minimum Gasteiger partial charge on any atom is -0.484 e. The number of halogens is 2. The van der Waals surface area contributed by atoms with Crippen LogP contribution in [0.2, 0.25) is 10.0 Å². The van der Waals surface area contributed by atoms with Crippen molar-refractivity contribution in [3.63, 3.8) is 0 Å². The summed E-state index contributed by atoms with van der Waals surface area (Å²) >= 11 is 11.9. The minimum atomic E-state index is -0.320. The molecular formula is C21H17Cl2NO3. The summed E-state index contributed by atoms with van der Waals surface area (Å²) in [4.78, 5) is 12.0. The van der Waals surface area contributed by atoms with Crippen molar-refractivity contribution in [1.29, 1.82) is 0 Å². The predicted octanol–water partition coefficient (Wildman–Crippen LogP) is 6.11. The SMILES string of the molecule is Cc1ccc(Oc2ccc(OCC(=O)Nc3ccc(Cl)cc3Cl)cc2)cc1. The van der Waals surface area contributed by atoms with Gasteiger partial charge in [-0.05, 0) is 61.5 Å². The maximum atomic E-state index is 12.0. The first-order valence-corrected chi connectivity index (χ1v) is 8.97. The van der Waals surface area contributed by atoms with Gasteiger partial charge in [0.25, 0.3) is 5.91 Å². The Labute approximate surface area is 167 Å². The molecule has 0 atom stereocenters. The van der Waals surface area contributed by atoms with Crippen molar-refractivity contribution in [1.82, 2.24) is 0 Å². The van der Waals surface area contributed by atoms with Crippen LogP contribution in [0.25, 0.3) is 0 Å². The largest absolute Gasteiger partial charge is 0.484 e. The van der Waals surface area contributed by atoms with E-state index in [1.807, 2.05) is 31.2 Å². The third-order valence-electron chi connectivity index (χ3n) is 3.66. The van der Waals surface area contributed by atoms with Crippen LogP contribution >= 0.6 is 23.2 Å². The molecule has 4 nitrogen and oxygen atoms in total. The monoisotopic (exact) mass is 401 g/mol. The van der Waals surface area contributed by atoms with Crippen LogP contribution in [0.3, 0.4) is 0 Å². The molecule has 0 fully saturated rings. The lowest BCUT2D eigenvalue weighted by Gasteiger charge is -2.10. The molecule has 27 heavy (non-hydrogen) atoms. The van der Waals surface area contributed by atoms with Crippen LogP contribution in [0.4, 0.5) is 5.69 Å². The lowest BCUT2D eigenvalue weighted by Crippen LogP contribution is -2.20. The molecule has 0 bridgehead atoms. The number of hydrogen-bond donors (Lipinski definition) is 1. The Morgan fingerprint density at radius 1 is 0.889 bits per heavy atom. The van der Waals surface area contributed by atoms with E-state index in [9.17, 15) is 4.79 Å². The molecular weight excluding hydrogens is 385 g/mol. The first-order valence-electron chi connectivity index (χ1n) is 8.22. The molecule has 0 radical (unpaired) electrons. The highest BCUT2D eigenvalue weighted by Gasteiger charge is 2.07. The Kier molecular flexibility index (Phi) is 6.22. The van der Waals surface area contributed by atoms with E-state index in [1.54, 1.807) is 42.5 Å². The molecule has 1 N–H and O–H groups in total. The summed E-state index contributed by atoms with van der Waals surface area (Å²) in [6.07, 6.45) is 0. The molecule has 0 spiro atoms. The molecule has 3 aromatic rings. The van der Waals surface area contributed by atoms with E-state index in [4.69, 9.17) is 32.7 Å². The summed E-state index contributed by atoms with van der Waals surface area (Å²) in [5, 5.41) is 3.55. The van der Waals surface area contributed by atoms with Crippen molar-refractivity contribution in [2.75, 3.05) is 11.9 Å². The van der Waals surface area contributed by atoms with E-state index in [2.05, 4.69) is 5.32 Å². The van der Waals surface area contributed by atoms with Crippen LogP contribution in [0.15, 0.2) is 66.7 Å². The molecule has 1 amide bonds. The van der Waals surface area contributed by atoms with Gasteiger partial charge in [0.1, 0.15) is 17.2 Å². The molecule has 0 unspecified atom stereocenters. The van der Waals surface area contributed by atoms with Crippen LogP contribution in [0.5, 0.6) is 17.2 Å². The van der Waals surface area contributed by atoms with Crippen molar-refractivity contribution in [2.45, 2.75) is 6.92 Å². The normalized spacial score (nSPS) is 10.3. The van der Waals surface area contributed by atoms with E-state index in [-0.39, 0.29) is 12.5 Å². The number of carbonyl (C=O) groups excluding carboxylic acids is 1. The fraction of sp³-hybridized carbons (Fsp3) is 0.0952. The van der Waals surface area contributed by atoms with Gasteiger partial charge in [-0.15, -0.1) is 0 Å². The van der Waals surface area contributed by atoms with Gasteiger partial charge in [0.15, 0.2) is 6.61 Å². The fourth-order valence-corrected chi connectivity index (χ4v) is 2.73. The molecule has 0 aromatic heterocycles. The average Bonchev–Trinajstić information content (AvgIpc) is 2.65. The molecule has 0 saturated carbocycles. The van der Waals surface area contributed by atoms with Crippen LogP contribution in [0, 0.1) is 6.92 Å². The number of carbonyl (C=O) groups is 1. The standard InChI is InChI=1S/C21H17Cl2NO3/c1-14-2-5-17(6-3-14)27-18-9-7-16(8-10-18)26-13-21(25)24-20-11-4-15(22)12-19(20)23/h2-12H,13H2,1H3,(H,24,25). The van der Waals surface area contributed by atoms with Gasteiger partial charge in [-0.25, -0.2) is 0 Å². The van der Waals surface area contributed by atoms with Crippen molar-refractivity contribution in [3.8, 4) is 17.2 Å². The summed E-state index contributed by atoms with van der Waals surface area (Å²) in [5.74, 6) is 1.68. The zero-order chi connectivity index (χ0) is 19.2. The lowest BCUT2D eigenvalue weighted by atomic mass is 10.2. The molecule has 6 heteroatoms. The van der Waals surface area contributed by atoms with Gasteiger partial charge in [0, 0.05) is 5.02 Å². The first kappa shape index (κ1) is 19.1. The molecule has 0 heterocycles. The smallest absolute Gasteiger partial charge is 0.262 e. The van der Waals surface area contributed by atoms with E-state index >= 15 is 0 Å². The zero-order valence-corrected chi connectivity index (χ0v) is 16.1. The van der Waals surface area contributed by atoms with Gasteiger partial charge in [-0.1, -0.05) is 40.9 Å². The van der Waals surface area contributed by atoms with Gasteiger partial charge in [0.2, 0.25) is 0 Å². The molecule has 0 aliphatic carbocycles. The minimum absolute atomic E-state index is 0.142. The number of amides is 1. The predicted molar refractivity (Wildman–Crippen MR) is 108 cm³/mol. The highest BCUT2D eigenvalue weighted by Crippen LogP contribution is 2.26. The Bertz CT molecular complexity index is 925. The zero-order valence-electron chi connectivity index (χ0n) is 14.5. The Morgan fingerprint density at radius 3 is 2.11 bits per heavy atom. The van der Waals surface area contributed by atoms with Crippen LogP contribution < -0.4 is 14.8 Å². The fourth-order valence-electron chi connectivity index (χ4n) is 2.27. The third-order valence-corrected chi connectivity index (χ3v) is 4.20. The van der Waals surface area contributed by atoms with Crippen LogP contribution in [0.1, 0.15) is 5.56 Å². The average molecular weight is 402 g/mol. The first-order chi connectivity index (χ1) is 13.0. The van der Waals surface area contributed by atoms with Gasteiger partial charge >= 0.3 is 0 Å². The Hall–Kier alpha value is -2.69. The van der Waals surface area contributed by atoms with Crippen LogP contribution in [-0.2, 0) is 4.79 Å². The number of nitrogens with one attached hydrogen (secondary N) is 1. The Morgan fingerprint density at radius 2 is 1.48 bits per heavy atom. The molecule has 0 aliphatic heterocycles. The lowest BCUT2D eigenvalue weighted by molar-refractivity contribution is -0.118. The van der Waals surface area contributed by atoms with E-state index < -0.39 is 0 Å². The summed E-state index contributed by atoms with van der Waals surface area (Å²) in [5.41, 5.74) is 1.65. The van der Waals surface area contributed by atoms with Crippen molar-refractivity contribution in [2.24, 2.45) is 0 Å². The third kappa shape index (κ3) is 5.64. The highest BCUT2D eigenvalue weighted by molar-refractivity contribution is 6.36. The van der Waals surface area contributed by atoms with Gasteiger partial charge < -0.3 is 14.8 Å². The topological polar surface area (TPSA) is 47.6 Å². The molecule has 3 aromatic carbocycles. The number of ether oxygens (including phenoxy) is 2. The Balaban J connectivity index is 1.52. The molecule has 3 rings (SSSR count). The van der Waals surface area contributed by atoms with Crippen molar-refractivity contribution >= 4 is 34.8 Å². The summed E-state index contributed by atoms with van der Waals surface area (Å²) in [6.45, 7) is 1.88. The second-order valence-electron chi connectivity index (χ2n) is 5.85. The number of aryl methyl sites for hydroxylation is 1. The van der Waals surface area contributed by atoms with Crippen molar-refractivity contribution in [3.05, 3.63) is 82.3 Å². The van der Waals surface area contributed by atoms with Crippen LogP contribution in [-0.4, -0.2) is 12.5 Å². The maximum absolute atomic E-state index is 12.0. The van der Waals surface area contributed by atoms with E-state index in [0.717, 1.165) is 5.75 Å². The second-order valence-corrected chi connectivity index (χ2v) is 6.69. The summed E-state index contributed by atoms with van der Waals surface area (Å²) < 4.78 is 11.2. The van der Waals surface area contributed by atoms with Gasteiger partial charge in [0.05, 0.1) is 10.7 Å². The number of rotatable bonds is 6. The number of benzene rings is 3. The highest BCUT2D eigenvalue weighted by atomic mass is 35.5. The van der Waals surface area contributed by atoms with Crippen molar-refractivity contribution < 1.29 is 14.3 Å². The van der Waals surface area contributed by atoms with E-state index in [1.165, 1.54) is 5.56 Å². The second kappa shape index (κ2) is 8.80. The maximum Gasteiger partial charge on any atom is 0.262 e. The van der Waals surface area contributed by atoms with Gasteiger partial charge in [-0.2, -0.15) is 0 Å². The van der Waals surface area contributed by atoms with Gasteiger partial charge in [-0.3, -0.25) is 4.79 Å². The summed E-state index contributed by atoms with van der Waals surface area (Å²) in [6, 6.07) is 19.7. The molecule has 138 valence electrons. The van der Waals surface area contributed by atoms with E-state index in [0.29, 0.717) is 27.2 Å². The molecule has 0 aliphatic rings. The number of hydrogen-bond acceptors (Lipinski definition) is 3. The number of anilines is 1. The quantitative estimate of drug-likeness (QED) is 0.541. The molecule has 0 saturated heterocycles. The summed E-state index contributed by atoms with van der Waals surface area (Å²) in [7, 11) is 0.